The Morgan fingerprint density at radius 2 is 0.625 bits per heavy atom. The zero-order valence-electron chi connectivity index (χ0n) is 10.9. The fourth-order valence-corrected chi connectivity index (χ4v) is 2.55. The van der Waals surface area contributed by atoms with Crippen LogP contribution in [0.25, 0.3) is 0 Å². The summed E-state index contributed by atoms with van der Waals surface area (Å²) in [6.07, 6.45) is 0. The number of carbonyl (C=O) groups excluding carboxylic acids is 3. The summed E-state index contributed by atoms with van der Waals surface area (Å²) in [7, 11) is 0. The lowest BCUT2D eigenvalue weighted by Gasteiger charge is -2.16. The van der Waals surface area contributed by atoms with Crippen LogP contribution in [0.2, 0.25) is 0 Å². The summed E-state index contributed by atoms with van der Waals surface area (Å²) in [4.78, 5) is 68.6. The van der Waals surface area contributed by atoms with Crippen molar-refractivity contribution in [3.05, 3.63) is 33.4 Å². The molecule has 0 aliphatic rings. The molecule has 1 rings (SSSR count). The van der Waals surface area contributed by atoms with E-state index >= 15 is 0 Å². The first kappa shape index (κ1) is 19.6. The van der Waals surface area contributed by atoms with E-state index in [0.717, 1.165) is 0 Å². The zero-order valence-corrected chi connectivity index (χ0v) is 13.2. The quantitative estimate of drug-likeness (QED) is 0.608. The summed E-state index contributed by atoms with van der Waals surface area (Å²) in [5.41, 5.74) is -8.00. The topological polar surface area (TPSA) is 163 Å². The molecule has 0 radical (unpaired) electrons. The lowest BCUT2D eigenvalue weighted by Crippen LogP contribution is -2.25. The van der Waals surface area contributed by atoms with Gasteiger partial charge in [-0.05, 0) is 34.8 Å². The second-order valence-electron chi connectivity index (χ2n) is 3.99. The highest BCUT2D eigenvalue weighted by Gasteiger charge is 2.39. The van der Waals surface area contributed by atoms with Gasteiger partial charge in [0.15, 0.2) is 0 Å². The summed E-state index contributed by atoms with van der Waals surface area (Å²) in [6, 6.07) is 0. The van der Waals surface area contributed by atoms with Gasteiger partial charge in [-0.15, -0.1) is 0 Å². The minimum atomic E-state index is -2.11. The van der Waals surface area contributed by atoms with E-state index in [4.69, 9.17) is 50.1 Å². The Kier molecular flexibility index (Phi) is 5.67. The lowest BCUT2D eigenvalue weighted by molar-refractivity contribution is 0.0630. The molecule has 0 spiro atoms. The van der Waals surface area contributed by atoms with Crippen LogP contribution in [0, 0.1) is 0 Å². The summed E-state index contributed by atoms with van der Waals surface area (Å²) in [6.45, 7) is 0. The van der Waals surface area contributed by atoms with E-state index in [1.165, 1.54) is 0 Å². The Hall–Kier alpha value is -2.49. The van der Waals surface area contributed by atoms with Crippen LogP contribution >= 0.6 is 34.8 Å². The average molecular weight is 398 g/mol. The van der Waals surface area contributed by atoms with Crippen molar-refractivity contribution in [1.29, 1.82) is 0 Å². The first-order chi connectivity index (χ1) is 10.9. The normalized spacial score (nSPS) is 10.1. The highest BCUT2D eigenvalue weighted by atomic mass is 35.5. The van der Waals surface area contributed by atoms with E-state index in [-0.39, 0.29) is 0 Å². The third-order valence-electron chi connectivity index (χ3n) is 2.73. The SMILES string of the molecule is O=C(O)c1c(C(=O)O)c(C(=O)Cl)c(C(=O)Cl)c(C(=O)Cl)c1C(=O)O. The molecule has 9 nitrogen and oxygen atoms in total. The molecule has 12 heteroatoms. The van der Waals surface area contributed by atoms with Gasteiger partial charge >= 0.3 is 17.9 Å². The van der Waals surface area contributed by atoms with Crippen molar-refractivity contribution in [3.63, 3.8) is 0 Å². The van der Waals surface area contributed by atoms with Crippen LogP contribution in [-0.4, -0.2) is 49.0 Å². The minimum Gasteiger partial charge on any atom is -0.478 e. The van der Waals surface area contributed by atoms with Crippen LogP contribution in [0.1, 0.15) is 62.1 Å². The predicted molar refractivity (Wildman–Crippen MR) is 77.9 cm³/mol. The summed E-state index contributed by atoms with van der Waals surface area (Å²) < 4.78 is 0. The van der Waals surface area contributed by atoms with Crippen LogP contribution in [0.5, 0.6) is 0 Å². The smallest absolute Gasteiger partial charge is 0.337 e. The molecule has 1 aromatic rings. The van der Waals surface area contributed by atoms with Gasteiger partial charge in [0.25, 0.3) is 15.7 Å². The maximum Gasteiger partial charge on any atom is 0.337 e. The number of rotatable bonds is 6. The molecule has 1 aromatic carbocycles. The van der Waals surface area contributed by atoms with Gasteiger partial charge in [-0.2, -0.15) is 0 Å². The van der Waals surface area contributed by atoms with E-state index in [2.05, 4.69) is 0 Å². The monoisotopic (exact) mass is 396 g/mol. The molecule has 0 atom stereocenters. The maximum atomic E-state index is 11.5. The van der Waals surface area contributed by atoms with Crippen LogP contribution in [0.3, 0.4) is 0 Å². The van der Waals surface area contributed by atoms with E-state index in [1.54, 1.807) is 0 Å². The third kappa shape index (κ3) is 3.23. The van der Waals surface area contributed by atoms with Crippen LogP contribution in [0.15, 0.2) is 0 Å². The van der Waals surface area contributed by atoms with Gasteiger partial charge < -0.3 is 15.3 Å². The number of carbonyl (C=O) groups is 6. The largest absolute Gasteiger partial charge is 0.478 e. The first-order valence-electron chi connectivity index (χ1n) is 5.46. The highest BCUT2D eigenvalue weighted by molar-refractivity contribution is 6.75. The molecular weight excluding hydrogens is 394 g/mol. The van der Waals surface area contributed by atoms with Crippen molar-refractivity contribution in [2.24, 2.45) is 0 Å². The molecule has 0 aliphatic heterocycles. The number of benzene rings is 1. The van der Waals surface area contributed by atoms with Crippen molar-refractivity contribution < 1.29 is 44.1 Å². The van der Waals surface area contributed by atoms with Gasteiger partial charge in [-0.1, -0.05) is 0 Å². The molecule has 0 aliphatic carbocycles. The van der Waals surface area contributed by atoms with E-state index < -0.39 is 67.0 Å². The molecule has 0 saturated heterocycles. The Bertz CT molecular complexity index is 643. The molecule has 0 fully saturated rings. The second kappa shape index (κ2) is 6.95. The van der Waals surface area contributed by atoms with Gasteiger partial charge in [0, 0.05) is 0 Å². The fraction of sp³-hybridized carbons (Fsp3) is 0. The number of halogens is 3. The molecule has 0 amide bonds. The van der Waals surface area contributed by atoms with Crippen LogP contribution in [0.4, 0.5) is 0 Å². The zero-order chi connectivity index (χ0) is 18.9. The van der Waals surface area contributed by atoms with Gasteiger partial charge in [-0.3, -0.25) is 14.4 Å². The van der Waals surface area contributed by atoms with Crippen LogP contribution < -0.4 is 0 Å². The van der Waals surface area contributed by atoms with Crippen molar-refractivity contribution in [3.8, 4) is 0 Å². The number of hydrogen-bond acceptors (Lipinski definition) is 6. The van der Waals surface area contributed by atoms with Gasteiger partial charge in [0.1, 0.15) is 0 Å². The van der Waals surface area contributed by atoms with Crippen molar-refractivity contribution in [2.75, 3.05) is 0 Å². The molecule has 0 heterocycles. The van der Waals surface area contributed by atoms with Crippen molar-refractivity contribution in [2.45, 2.75) is 0 Å². The third-order valence-corrected chi connectivity index (χ3v) is 3.30. The molecule has 0 saturated carbocycles. The first-order valence-corrected chi connectivity index (χ1v) is 6.60. The van der Waals surface area contributed by atoms with Crippen molar-refractivity contribution >= 4 is 68.4 Å². The van der Waals surface area contributed by atoms with E-state index in [9.17, 15) is 28.8 Å². The number of hydrogen-bond donors (Lipinski definition) is 3. The van der Waals surface area contributed by atoms with E-state index in [1.807, 2.05) is 0 Å². The molecule has 24 heavy (non-hydrogen) atoms. The van der Waals surface area contributed by atoms with E-state index in [0.29, 0.717) is 0 Å². The molecule has 0 unspecified atom stereocenters. The van der Waals surface area contributed by atoms with Gasteiger partial charge in [-0.25, -0.2) is 14.4 Å². The molecule has 3 N–H and O–H groups in total. The lowest BCUT2D eigenvalue weighted by atomic mass is 9.87. The summed E-state index contributed by atoms with van der Waals surface area (Å²) in [5, 5.41) is 22.5. The second-order valence-corrected chi connectivity index (χ2v) is 5.02. The number of carboxylic acid groups (broad SMARTS) is 3. The Balaban J connectivity index is 4.50. The Labute approximate surface area is 146 Å². The average Bonchev–Trinajstić information content (AvgIpc) is 2.42. The van der Waals surface area contributed by atoms with Crippen LogP contribution in [-0.2, 0) is 0 Å². The highest BCUT2D eigenvalue weighted by Crippen LogP contribution is 2.32. The molecular formula is C12H3Cl3O9. The number of carboxylic acids is 3. The molecule has 0 aromatic heterocycles. The van der Waals surface area contributed by atoms with Crippen molar-refractivity contribution in [1.82, 2.24) is 0 Å². The molecule has 0 bridgehead atoms. The minimum absolute atomic E-state index is 1.21. The Morgan fingerprint density at radius 1 is 0.458 bits per heavy atom. The maximum absolute atomic E-state index is 11.5. The van der Waals surface area contributed by atoms with Gasteiger partial charge in [0.05, 0.1) is 33.4 Å². The molecule has 126 valence electrons. The standard InChI is InChI=1S/C12H3Cl3O9/c13-7(16)1-2(8(14)17)4(10(19)20)6(12(23)24)5(11(21)22)3(1)9(15)18/h(H,19,20)(H,21,22)(H,23,24). The predicted octanol–water partition coefficient (Wildman–Crippen LogP) is 1.92. The summed E-state index contributed by atoms with van der Waals surface area (Å²) in [5.74, 6) is -6.30. The van der Waals surface area contributed by atoms with Gasteiger partial charge in [0.2, 0.25) is 0 Å². The summed E-state index contributed by atoms with van der Waals surface area (Å²) >= 11 is 15.6. The number of aromatic carboxylic acids is 3. The Morgan fingerprint density at radius 3 is 0.792 bits per heavy atom. The fourth-order valence-electron chi connectivity index (χ4n) is 1.98.